The standard InChI is InChI=1S/C15H22N4S2.HI/c1-5-16-15(17-8-14-11(2)6-7-20-14)19(4)9-13-10-21-12(3)18-13;/h6-7,10H,5,8-9H2,1-4H3,(H,16,17);1H. The summed E-state index contributed by atoms with van der Waals surface area (Å²) in [5.74, 6) is 0.927. The molecule has 0 fully saturated rings. The van der Waals surface area contributed by atoms with Gasteiger partial charge in [0, 0.05) is 23.8 Å². The number of guanidine groups is 1. The largest absolute Gasteiger partial charge is 0.357 e. The van der Waals surface area contributed by atoms with Gasteiger partial charge >= 0.3 is 0 Å². The Morgan fingerprint density at radius 1 is 1.36 bits per heavy atom. The summed E-state index contributed by atoms with van der Waals surface area (Å²) in [6.45, 7) is 8.63. The van der Waals surface area contributed by atoms with Gasteiger partial charge in [-0.15, -0.1) is 46.7 Å². The molecule has 0 spiro atoms. The first-order valence-corrected chi connectivity index (χ1v) is 8.79. The zero-order valence-electron chi connectivity index (χ0n) is 13.4. The van der Waals surface area contributed by atoms with E-state index in [9.17, 15) is 0 Å². The molecule has 2 aromatic rings. The number of aliphatic imine (C=N–C) groups is 1. The molecule has 4 nitrogen and oxygen atoms in total. The lowest BCUT2D eigenvalue weighted by Gasteiger charge is -2.21. The number of aromatic nitrogens is 1. The second-order valence-corrected chi connectivity index (χ2v) is 6.97. The van der Waals surface area contributed by atoms with E-state index in [-0.39, 0.29) is 24.0 Å². The molecule has 0 amide bonds. The lowest BCUT2D eigenvalue weighted by atomic mass is 10.3. The third kappa shape index (κ3) is 5.51. The Hall–Kier alpha value is -0.670. The fraction of sp³-hybridized carbons (Fsp3) is 0.467. The van der Waals surface area contributed by atoms with Crippen molar-refractivity contribution in [3.05, 3.63) is 38.0 Å². The van der Waals surface area contributed by atoms with E-state index in [2.05, 4.69) is 52.9 Å². The van der Waals surface area contributed by atoms with Gasteiger partial charge in [0.15, 0.2) is 5.96 Å². The Labute approximate surface area is 157 Å². The molecule has 1 N–H and O–H groups in total. The predicted molar refractivity (Wildman–Crippen MR) is 108 cm³/mol. The van der Waals surface area contributed by atoms with Crippen molar-refractivity contribution in [2.75, 3.05) is 13.6 Å². The third-order valence-corrected chi connectivity index (χ3v) is 4.93. The lowest BCUT2D eigenvalue weighted by molar-refractivity contribution is 0.471. The molecule has 0 radical (unpaired) electrons. The Kier molecular flexibility index (Phi) is 8.34. The molecule has 2 rings (SSSR count). The van der Waals surface area contributed by atoms with Gasteiger partial charge in [0.25, 0.3) is 0 Å². The van der Waals surface area contributed by atoms with Crippen LogP contribution in [0.2, 0.25) is 0 Å². The van der Waals surface area contributed by atoms with Crippen LogP contribution in [-0.2, 0) is 13.1 Å². The van der Waals surface area contributed by atoms with Crippen molar-refractivity contribution in [1.29, 1.82) is 0 Å². The molecule has 0 saturated heterocycles. The fourth-order valence-corrected chi connectivity index (χ4v) is 3.41. The SMILES string of the molecule is CCNC(=NCc1sccc1C)N(C)Cc1csc(C)n1.I. The minimum atomic E-state index is 0. The summed E-state index contributed by atoms with van der Waals surface area (Å²) in [6, 6.07) is 2.14. The molecule has 0 saturated carbocycles. The third-order valence-electron chi connectivity index (χ3n) is 3.10. The van der Waals surface area contributed by atoms with Crippen molar-refractivity contribution >= 4 is 52.6 Å². The molecular weight excluding hydrogens is 427 g/mol. The van der Waals surface area contributed by atoms with Crippen molar-refractivity contribution < 1.29 is 0 Å². The van der Waals surface area contributed by atoms with Crippen LogP contribution < -0.4 is 5.32 Å². The van der Waals surface area contributed by atoms with Gasteiger partial charge < -0.3 is 10.2 Å². The maximum absolute atomic E-state index is 4.74. The summed E-state index contributed by atoms with van der Waals surface area (Å²) in [5, 5.41) is 8.68. The van der Waals surface area contributed by atoms with E-state index in [1.54, 1.807) is 22.7 Å². The average Bonchev–Trinajstić information content (AvgIpc) is 3.03. The summed E-state index contributed by atoms with van der Waals surface area (Å²) in [5.41, 5.74) is 2.41. The molecule has 0 aromatic carbocycles. The van der Waals surface area contributed by atoms with Gasteiger partial charge in [-0.1, -0.05) is 0 Å². The molecule has 0 atom stereocenters. The molecule has 7 heteroatoms. The van der Waals surface area contributed by atoms with E-state index in [1.807, 2.05) is 6.92 Å². The number of thiophene rings is 1. The first-order valence-electron chi connectivity index (χ1n) is 7.03. The van der Waals surface area contributed by atoms with Gasteiger partial charge in [-0.2, -0.15) is 0 Å². The summed E-state index contributed by atoms with van der Waals surface area (Å²) < 4.78 is 0. The van der Waals surface area contributed by atoms with Gasteiger partial charge in [0.05, 0.1) is 23.8 Å². The van der Waals surface area contributed by atoms with Crippen molar-refractivity contribution in [3.63, 3.8) is 0 Å². The zero-order valence-corrected chi connectivity index (χ0v) is 17.4. The number of halogens is 1. The second-order valence-electron chi connectivity index (χ2n) is 4.91. The molecule has 0 bridgehead atoms. The summed E-state index contributed by atoms with van der Waals surface area (Å²) in [7, 11) is 2.05. The normalized spacial score (nSPS) is 11.2. The molecular formula is C15H23IN4S2. The quantitative estimate of drug-likeness (QED) is 0.425. The molecule has 22 heavy (non-hydrogen) atoms. The Morgan fingerprint density at radius 2 is 2.14 bits per heavy atom. The van der Waals surface area contributed by atoms with E-state index in [1.165, 1.54) is 10.4 Å². The molecule has 2 aromatic heterocycles. The van der Waals surface area contributed by atoms with Crippen molar-refractivity contribution in [3.8, 4) is 0 Å². The highest BCUT2D eigenvalue weighted by atomic mass is 127. The highest BCUT2D eigenvalue weighted by Crippen LogP contribution is 2.16. The second kappa shape index (κ2) is 9.46. The van der Waals surface area contributed by atoms with E-state index < -0.39 is 0 Å². The maximum atomic E-state index is 4.74. The Bertz CT molecular complexity index is 606. The van der Waals surface area contributed by atoms with E-state index in [4.69, 9.17) is 4.99 Å². The van der Waals surface area contributed by atoms with Crippen LogP contribution in [0.5, 0.6) is 0 Å². The maximum Gasteiger partial charge on any atom is 0.194 e. The smallest absolute Gasteiger partial charge is 0.194 e. The summed E-state index contributed by atoms with van der Waals surface area (Å²) >= 11 is 3.45. The highest BCUT2D eigenvalue weighted by Gasteiger charge is 2.09. The van der Waals surface area contributed by atoms with Crippen molar-refractivity contribution in [1.82, 2.24) is 15.2 Å². The molecule has 2 heterocycles. The van der Waals surface area contributed by atoms with Gasteiger partial charge in [-0.05, 0) is 37.8 Å². The monoisotopic (exact) mass is 450 g/mol. The minimum Gasteiger partial charge on any atom is -0.357 e. The van der Waals surface area contributed by atoms with Crippen LogP contribution in [-0.4, -0.2) is 29.4 Å². The topological polar surface area (TPSA) is 40.5 Å². The summed E-state index contributed by atoms with van der Waals surface area (Å²) in [6.07, 6.45) is 0. The first kappa shape index (κ1) is 19.4. The number of thiazole rings is 1. The number of nitrogens with one attached hydrogen (secondary N) is 1. The number of aryl methyl sites for hydroxylation is 2. The molecule has 0 aliphatic carbocycles. The van der Waals surface area contributed by atoms with E-state index in [0.29, 0.717) is 0 Å². The molecule has 0 aliphatic heterocycles. The van der Waals surface area contributed by atoms with Crippen LogP contribution in [0.3, 0.4) is 0 Å². The number of nitrogens with zero attached hydrogens (tertiary/aromatic N) is 3. The van der Waals surface area contributed by atoms with Crippen LogP contribution in [0.25, 0.3) is 0 Å². The van der Waals surface area contributed by atoms with Crippen LogP contribution in [0.15, 0.2) is 21.8 Å². The highest BCUT2D eigenvalue weighted by molar-refractivity contribution is 14.0. The molecule has 122 valence electrons. The fourth-order valence-electron chi connectivity index (χ4n) is 1.98. The summed E-state index contributed by atoms with van der Waals surface area (Å²) in [4.78, 5) is 12.7. The zero-order chi connectivity index (χ0) is 15.2. The predicted octanol–water partition coefficient (Wildman–Crippen LogP) is 4.04. The van der Waals surface area contributed by atoms with E-state index >= 15 is 0 Å². The van der Waals surface area contributed by atoms with Crippen molar-refractivity contribution in [2.45, 2.75) is 33.9 Å². The Balaban J connectivity index is 0.00000242. The average molecular weight is 450 g/mol. The van der Waals surface area contributed by atoms with Gasteiger partial charge in [-0.25, -0.2) is 9.98 Å². The van der Waals surface area contributed by atoms with Crippen LogP contribution in [0, 0.1) is 13.8 Å². The first-order chi connectivity index (χ1) is 10.1. The number of rotatable bonds is 5. The van der Waals surface area contributed by atoms with E-state index in [0.717, 1.165) is 36.3 Å². The lowest BCUT2D eigenvalue weighted by Crippen LogP contribution is -2.38. The van der Waals surface area contributed by atoms with Gasteiger partial charge in [0.2, 0.25) is 0 Å². The van der Waals surface area contributed by atoms with Crippen LogP contribution in [0.4, 0.5) is 0 Å². The minimum absolute atomic E-state index is 0. The van der Waals surface area contributed by atoms with Crippen molar-refractivity contribution in [2.24, 2.45) is 4.99 Å². The van der Waals surface area contributed by atoms with Crippen LogP contribution in [0.1, 0.15) is 28.1 Å². The number of hydrogen-bond donors (Lipinski definition) is 1. The van der Waals surface area contributed by atoms with Crippen LogP contribution >= 0.6 is 46.7 Å². The molecule has 0 unspecified atom stereocenters. The number of hydrogen-bond acceptors (Lipinski definition) is 4. The Morgan fingerprint density at radius 3 is 2.68 bits per heavy atom. The van der Waals surface area contributed by atoms with Gasteiger partial charge in [-0.3, -0.25) is 0 Å². The molecule has 0 aliphatic rings. The van der Waals surface area contributed by atoms with Gasteiger partial charge in [0.1, 0.15) is 0 Å².